The Morgan fingerprint density at radius 3 is 2.39 bits per heavy atom. The molecule has 0 bridgehead atoms. The highest BCUT2D eigenvalue weighted by Gasteiger charge is 2.43. The van der Waals surface area contributed by atoms with E-state index < -0.39 is 0 Å². The Kier molecular flexibility index (Phi) is 6.38. The van der Waals surface area contributed by atoms with E-state index in [4.69, 9.17) is 10.1 Å². The zero-order valence-electron chi connectivity index (χ0n) is 18.4. The van der Waals surface area contributed by atoms with Crippen molar-refractivity contribution in [2.45, 2.75) is 39.2 Å². The number of nitrogens with zero attached hydrogens (tertiary/aromatic N) is 3. The second-order valence-electron chi connectivity index (χ2n) is 8.51. The number of carbonyl (C=O) groups excluding carboxylic acids is 1. The number of ketones is 1. The maximum atomic E-state index is 12.1. The summed E-state index contributed by atoms with van der Waals surface area (Å²) in [5.74, 6) is 0.336. The van der Waals surface area contributed by atoms with Gasteiger partial charge in [-0.15, -0.1) is 0 Å². The van der Waals surface area contributed by atoms with Crippen LogP contribution < -0.4 is 5.01 Å². The summed E-state index contributed by atoms with van der Waals surface area (Å²) in [6, 6.07) is 17.0. The number of aryl methyl sites for hydroxylation is 1. The molecule has 0 radical (unpaired) electrons. The van der Waals surface area contributed by atoms with Gasteiger partial charge in [0.25, 0.3) is 0 Å². The molecule has 2 heterocycles. The van der Waals surface area contributed by atoms with Crippen molar-refractivity contribution >= 4 is 65.9 Å². The van der Waals surface area contributed by atoms with E-state index in [2.05, 4.69) is 91.5 Å². The topological polar surface area (TPSA) is 45.6 Å². The molecule has 0 spiro atoms. The minimum Gasteiger partial charge on any atom is -0.294 e. The smallest absolute Gasteiger partial charge is 0.207 e. The summed E-state index contributed by atoms with van der Waals surface area (Å²) in [6.07, 6.45) is 5.50. The molecule has 1 aromatic heterocycles. The van der Waals surface area contributed by atoms with E-state index in [-0.39, 0.29) is 17.7 Å². The Morgan fingerprint density at radius 2 is 1.76 bits per heavy atom. The molecule has 33 heavy (non-hydrogen) atoms. The van der Waals surface area contributed by atoms with Crippen molar-refractivity contribution in [2.75, 3.05) is 5.01 Å². The fraction of sp³-hybridized carbons (Fsp3) is 0.269. The molecule has 0 unspecified atom stereocenters. The molecule has 2 atom stereocenters. The van der Waals surface area contributed by atoms with Crippen molar-refractivity contribution in [1.82, 2.24) is 4.98 Å². The van der Waals surface area contributed by atoms with Crippen LogP contribution in [0.25, 0.3) is 6.08 Å². The lowest BCUT2D eigenvalue weighted by molar-refractivity contribution is 0.102. The maximum Gasteiger partial charge on any atom is 0.207 e. The first-order valence-electron chi connectivity index (χ1n) is 11.0. The number of thiazole rings is 1. The molecule has 3 aromatic rings. The molecule has 0 N–H and O–H groups in total. The van der Waals surface area contributed by atoms with Gasteiger partial charge in [-0.1, -0.05) is 67.5 Å². The molecule has 7 heteroatoms. The quantitative estimate of drug-likeness (QED) is 0.292. The molecule has 0 amide bonds. The van der Waals surface area contributed by atoms with E-state index in [9.17, 15) is 4.79 Å². The van der Waals surface area contributed by atoms with Gasteiger partial charge in [0.15, 0.2) is 5.78 Å². The van der Waals surface area contributed by atoms with Crippen molar-refractivity contribution in [1.29, 1.82) is 0 Å². The first-order valence-corrected chi connectivity index (χ1v) is 13.4. The zero-order valence-corrected chi connectivity index (χ0v) is 22.4. The summed E-state index contributed by atoms with van der Waals surface area (Å²) >= 11 is 8.53. The Labute approximate surface area is 214 Å². The van der Waals surface area contributed by atoms with Gasteiger partial charge in [0.1, 0.15) is 0 Å². The summed E-state index contributed by atoms with van der Waals surface area (Å²) in [7, 11) is 0. The number of hydrogen-bond donors (Lipinski definition) is 0. The third-order valence-corrected chi connectivity index (χ3v) is 8.53. The number of aromatic nitrogens is 1. The lowest BCUT2D eigenvalue weighted by Gasteiger charge is -2.29. The second-order valence-corrected chi connectivity index (χ2v) is 11.3. The molecule has 1 fully saturated rings. The van der Waals surface area contributed by atoms with Crippen LogP contribution in [0.3, 0.4) is 0 Å². The normalized spacial score (nSPS) is 21.3. The van der Waals surface area contributed by atoms with E-state index in [1.54, 1.807) is 6.92 Å². The first kappa shape index (κ1) is 22.7. The van der Waals surface area contributed by atoms with Gasteiger partial charge in [-0.2, -0.15) is 5.10 Å². The number of hydrazone groups is 1. The molecule has 2 aromatic carbocycles. The fourth-order valence-electron chi connectivity index (χ4n) is 4.72. The van der Waals surface area contributed by atoms with Crippen LogP contribution in [0.4, 0.5) is 5.13 Å². The van der Waals surface area contributed by atoms with Gasteiger partial charge >= 0.3 is 0 Å². The Morgan fingerprint density at radius 1 is 1.09 bits per heavy atom. The molecule has 4 nitrogen and oxygen atoms in total. The van der Waals surface area contributed by atoms with Gasteiger partial charge in [-0.05, 0) is 73.2 Å². The van der Waals surface area contributed by atoms with E-state index in [1.807, 2.05) is 6.92 Å². The average Bonchev–Trinajstić information content (AvgIpc) is 3.37. The van der Waals surface area contributed by atoms with Crippen LogP contribution >= 0.6 is 43.2 Å². The first-order chi connectivity index (χ1) is 15.9. The average molecular weight is 585 g/mol. The number of anilines is 1. The van der Waals surface area contributed by atoms with Gasteiger partial charge in [0, 0.05) is 21.8 Å². The minimum atomic E-state index is 0.0523. The molecular weight excluding hydrogens is 562 g/mol. The highest BCUT2D eigenvalue weighted by Crippen LogP contribution is 2.47. The number of carbonyl (C=O) groups is 1. The summed E-state index contributed by atoms with van der Waals surface area (Å²) in [5, 5.41) is 8.02. The van der Waals surface area contributed by atoms with Crippen LogP contribution in [0.5, 0.6) is 0 Å². The third-order valence-electron chi connectivity index (χ3n) is 6.23. The minimum absolute atomic E-state index is 0.0523. The van der Waals surface area contributed by atoms with Crippen LogP contribution in [0.2, 0.25) is 0 Å². The fourth-order valence-corrected chi connectivity index (χ4v) is 6.20. The van der Waals surface area contributed by atoms with Crippen LogP contribution in [-0.4, -0.2) is 16.5 Å². The SMILES string of the molecule is CC(=O)c1sc(N2N=C3/C(=C\c4ccc(Br)cc4)CCC[C@H]3[C@@H]2c2ccc(Br)cc2)nc1C. The van der Waals surface area contributed by atoms with E-state index in [0.29, 0.717) is 4.88 Å². The maximum absolute atomic E-state index is 12.1. The number of benzene rings is 2. The molecular formula is C26H23Br2N3OS. The standard InChI is InChI=1S/C26H23Br2N3OS/c1-15-25(16(2)32)33-26(29-15)31-24(18-8-12-21(28)13-9-18)22-5-3-4-19(23(22)30-31)14-17-6-10-20(27)11-7-17/h6-14,22,24H,3-5H2,1-2H3/b19-14-/t22-,24+/m1/s1. The van der Waals surface area contributed by atoms with E-state index in [1.165, 1.54) is 28.0 Å². The molecule has 2 aliphatic rings. The van der Waals surface area contributed by atoms with Gasteiger partial charge < -0.3 is 0 Å². The van der Waals surface area contributed by atoms with Crippen molar-refractivity contribution in [3.8, 4) is 0 Å². The summed E-state index contributed by atoms with van der Waals surface area (Å²) < 4.78 is 2.13. The highest BCUT2D eigenvalue weighted by molar-refractivity contribution is 9.10. The second kappa shape index (κ2) is 9.28. The monoisotopic (exact) mass is 583 g/mol. The largest absolute Gasteiger partial charge is 0.294 e. The van der Waals surface area contributed by atoms with Crippen LogP contribution in [-0.2, 0) is 0 Å². The van der Waals surface area contributed by atoms with Crippen molar-refractivity contribution in [3.63, 3.8) is 0 Å². The Bertz CT molecular complexity index is 1260. The number of halogens is 2. The Balaban J connectivity index is 1.60. The number of allylic oxidation sites excluding steroid dienone is 1. The lowest BCUT2D eigenvalue weighted by atomic mass is 9.77. The number of hydrogen-bond acceptors (Lipinski definition) is 5. The molecule has 5 rings (SSSR count). The molecule has 0 saturated heterocycles. The number of fused-ring (bicyclic) bond motifs is 1. The lowest BCUT2D eigenvalue weighted by Crippen LogP contribution is -2.28. The zero-order chi connectivity index (χ0) is 23.1. The van der Waals surface area contributed by atoms with Crippen LogP contribution in [0, 0.1) is 12.8 Å². The van der Waals surface area contributed by atoms with Crippen molar-refractivity contribution in [2.24, 2.45) is 11.0 Å². The highest BCUT2D eigenvalue weighted by atomic mass is 79.9. The summed E-state index contributed by atoms with van der Waals surface area (Å²) in [5.41, 5.74) is 5.61. The van der Waals surface area contributed by atoms with Crippen LogP contribution in [0.1, 0.15) is 58.7 Å². The van der Waals surface area contributed by atoms with Gasteiger partial charge in [0.05, 0.1) is 22.3 Å². The molecule has 1 aliphatic heterocycles. The number of Topliss-reactive ketones (excluding diaryl/α,β-unsaturated/α-hetero) is 1. The van der Waals surface area contributed by atoms with Gasteiger partial charge in [-0.3, -0.25) is 4.79 Å². The van der Waals surface area contributed by atoms with Crippen LogP contribution in [0.15, 0.2) is 68.2 Å². The van der Waals surface area contributed by atoms with E-state index >= 15 is 0 Å². The summed E-state index contributed by atoms with van der Waals surface area (Å²) in [4.78, 5) is 17.6. The molecule has 1 saturated carbocycles. The molecule has 1 aliphatic carbocycles. The van der Waals surface area contributed by atoms with E-state index in [0.717, 1.165) is 44.7 Å². The molecule has 168 valence electrons. The van der Waals surface area contributed by atoms with Gasteiger partial charge in [-0.25, -0.2) is 9.99 Å². The third kappa shape index (κ3) is 4.51. The summed E-state index contributed by atoms with van der Waals surface area (Å²) in [6.45, 7) is 3.51. The predicted octanol–water partition coefficient (Wildman–Crippen LogP) is 7.98. The van der Waals surface area contributed by atoms with Crippen molar-refractivity contribution in [3.05, 3.63) is 84.7 Å². The van der Waals surface area contributed by atoms with Gasteiger partial charge in [0.2, 0.25) is 5.13 Å². The number of rotatable bonds is 4. The predicted molar refractivity (Wildman–Crippen MR) is 143 cm³/mol. The Hall–Kier alpha value is -2.09. The van der Waals surface area contributed by atoms with Crippen molar-refractivity contribution < 1.29 is 4.79 Å².